The van der Waals surface area contributed by atoms with Gasteiger partial charge >= 0.3 is 17.6 Å². The van der Waals surface area contributed by atoms with Crippen molar-refractivity contribution < 1.29 is 28.9 Å². The molecule has 0 fully saturated rings. The summed E-state index contributed by atoms with van der Waals surface area (Å²) in [5, 5.41) is 9.32. The summed E-state index contributed by atoms with van der Waals surface area (Å²) in [5.41, 5.74) is -0.512. The van der Waals surface area contributed by atoms with Gasteiger partial charge in [-0.15, -0.1) is 11.3 Å². The van der Waals surface area contributed by atoms with Gasteiger partial charge in [-0.25, -0.2) is 14.2 Å². The second kappa shape index (κ2) is 7.91. The number of rotatable bonds is 6. The number of ether oxygens (including phenoxy) is 3. The van der Waals surface area contributed by atoms with Crippen LogP contribution in [0.1, 0.15) is 27.7 Å². The molecule has 1 aromatic carbocycles. The lowest BCUT2D eigenvalue weighted by Gasteiger charge is -2.11. The topological polar surface area (TPSA) is 126 Å². The third-order valence-electron chi connectivity index (χ3n) is 4.83. The predicted octanol–water partition coefficient (Wildman–Crippen LogP) is 1.57. The molecule has 0 unspecified atom stereocenters. The molecule has 0 bridgehead atoms. The predicted molar refractivity (Wildman–Crippen MR) is 110 cm³/mol. The van der Waals surface area contributed by atoms with E-state index in [-0.39, 0.29) is 35.0 Å². The molecular formula is C20H18N2O8S. The van der Waals surface area contributed by atoms with E-state index >= 15 is 0 Å². The summed E-state index contributed by atoms with van der Waals surface area (Å²) in [5.74, 6) is -0.831. The standard InChI is InChI=1S/C20H18N2O8S/c1-3-28-19(26)16-10(2)15-17(25)21(8-14(23)24)20(27)22(18(15)31-16)7-11-4-5-12-13(6-11)30-9-29-12/h4-6H,3,7-9H2,1-2H3,(H,23,24). The van der Waals surface area contributed by atoms with Crippen molar-refractivity contribution in [2.75, 3.05) is 13.4 Å². The number of aromatic nitrogens is 2. The number of fused-ring (bicyclic) bond motifs is 2. The van der Waals surface area contributed by atoms with Crippen molar-refractivity contribution in [2.45, 2.75) is 26.9 Å². The van der Waals surface area contributed by atoms with Crippen molar-refractivity contribution in [2.24, 2.45) is 0 Å². The second-order valence-electron chi connectivity index (χ2n) is 6.80. The van der Waals surface area contributed by atoms with Crippen LogP contribution in [0.15, 0.2) is 27.8 Å². The quantitative estimate of drug-likeness (QED) is 0.566. The number of carbonyl (C=O) groups excluding carboxylic acids is 1. The van der Waals surface area contributed by atoms with E-state index < -0.39 is 29.7 Å². The maximum atomic E-state index is 13.1. The highest BCUT2D eigenvalue weighted by Gasteiger charge is 2.25. The van der Waals surface area contributed by atoms with E-state index in [1.165, 1.54) is 4.57 Å². The Hall–Kier alpha value is -3.60. The molecule has 0 radical (unpaired) electrons. The molecule has 4 rings (SSSR count). The highest BCUT2D eigenvalue weighted by molar-refractivity contribution is 7.20. The number of carbonyl (C=O) groups is 2. The maximum absolute atomic E-state index is 13.1. The molecular weight excluding hydrogens is 428 g/mol. The van der Waals surface area contributed by atoms with E-state index in [0.29, 0.717) is 27.2 Å². The Morgan fingerprint density at radius 3 is 2.65 bits per heavy atom. The Bertz CT molecular complexity index is 1330. The number of hydrogen-bond acceptors (Lipinski definition) is 8. The average molecular weight is 446 g/mol. The summed E-state index contributed by atoms with van der Waals surface area (Å²) in [7, 11) is 0. The van der Waals surface area contributed by atoms with Gasteiger partial charge in [0.1, 0.15) is 16.3 Å². The lowest BCUT2D eigenvalue weighted by Crippen LogP contribution is -2.41. The zero-order chi connectivity index (χ0) is 22.3. The van der Waals surface area contributed by atoms with Gasteiger partial charge in [0.25, 0.3) is 5.56 Å². The van der Waals surface area contributed by atoms with Gasteiger partial charge in [0.15, 0.2) is 11.5 Å². The van der Waals surface area contributed by atoms with Crippen LogP contribution in [0.2, 0.25) is 0 Å². The van der Waals surface area contributed by atoms with Gasteiger partial charge < -0.3 is 19.3 Å². The van der Waals surface area contributed by atoms with Crippen molar-refractivity contribution in [3.63, 3.8) is 0 Å². The normalized spacial score (nSPS) is 12.3. The summed E-state index contributed by atoms with van der Waals surface area (Å²) < 4.78 is 17.7. The number of thiophene rings is 1. The summed E-state index contributed by atoms with van der Waals surface area (Å²) in [6.07, 6.45) is 0. The Labute approximate surface area is 178 Å². The highest BCUT2D eigenvalue weighted by atomic mass is 32.1. The third kappa shape index (κ3) is 3.56. The molecule has 2 aromatic heterocycles. The lowest BCUT2D eigenvalue weighted by molar-refractivity contribution is -0.137. The van der Waals surface area contributed by atoms with Crippen molar-refractivity contribution in [3.05, 3.63) is 55.0 Å². The van der Waals surface area contributed by atoms with E-state index in [2.05, 4.69) is 0 Å². The lowest BCUT2D eigenvalue weighted by atomic mass is 10.2. The molecule has 1 N–H and O–H groups in total. The largest absolute Gasteiger partial charge is 0.480 e. The Morgan fingerprint density at radius 2 is 1.94 bits per heavy atom. The first-order valence-electron chi connectivity index (χ1n) is 9.36. The molecule has 0 saturated carbocycles. The van der Waals surface area contributed by atoms with Gasteiger partial charge in [-0.3, -0.25) is 14.2 Å². The minimum atomic E-state index is -1.33. The summed E-state index contributed by atoms with van der Waals surface area (Å²) in [6.45, 7) is 2.73. The van der Waals surface area contributed by atoms with E-state index in [9.17, 15) is 24.3 Å². The number of carboxylic acids is 1. The van der Waals surface area contributed by atoms with E-state index in [1.807, 2.05) is 0 Å². The summed E-state index contributed by atoms with van der Waals surface area (Å²) in [6, 6.07) is 5.15. The second-order valence-corrected chi connectivity index (χ2v) is 7.80. The molecule has 1 aliphatic rings. The first-order valence-corrected chi connectivity index (χ1v) is 10.2. The van der Waals surface area contributed by atoms with Crippen LogP contribution in [-0.2, 0) is 22.6 Å². The molecule has 0 spiro atoms. The number of aliphatic carboxylic acids is 1. The van der Waals surface area contributed by atoms with E-state index in [4.69, 9.17) is 14.2 Å². The summed E-state index contributed by atoms with van der Waals surface area (Å²) >= 11 is 0.971. The van der Waals surface area contributed by atoms with Crippen LogP contribution in [0.3, 0.4) is 0 Å². The molecule has 3 aromatic rings. The molecule has 31 heavy (non-hydrogen) atoms. The van der Waals surface area contributed by atoms with Crippen molar-refractivity contribution in [1.29, 1.82) is 0 Å². The van der Waals surface area contributed by atoms with Crippen LogP contribution in [0, 0.1) is 6.92 Å². The van der Waals surface area contributed by atoms with Crippen molar-refractivity contribution in [3.8, 4) is 11.5 Å². The molecule has 162 valence electrons. The number of carboxylic acid groups (broad SMARTS) is 1. The SMILES string of the molecule is CCOC(=O)c1sc2c(c1C)c(=O)n(CC(=O)O)c(=O)n2Cc1ccc2c(c1)OCO2. The van der Waals surface area contributed by atoms with Gasteiger partial charge in [-0.1, -0.05) is 6.07 Å². The van der Waals surface area contributed by atoms with Crippen molar-refractivity contribution >= 4 is 33.5 Å². The van der Waals surface area contributed by atoms with Gasteiger partial charge in [0.2, 0.25) is 6.79 Å². The van der Waals surface area contributed by atoms with E-state index in [0.717, 1.165) is 11.3 Å². The Kier molecular flexibility index (Phi) is 5.27. The van der Waals surface area contributed by atoms with Crippen LogP contribution in [0.4, 0.5) is 0 Å². The number of benzene rings is 1. The number of aryl methyl sites for hydroxylation is 1. The first-order chi connectivity index (χ1) is 14.8. The minimum absolute atomic E-state index is 0.0358. The molecule has 0 atom stereocenters. The molecule has 0 aliphatic carbocycles. The van der Waals surface area contributed by atoms with E-state index in [1.54, 1.807) is 32.0 Å². The Morgan fingerprint density at radius 1 is 1.19 bits per heavy atom. The minimum Gasteiger partial charge on any atom is -0.480 e. The fourth-order valence-electron chi connectivity index (χ4n) is 3.42. The first kappa shape index (κ1) is 20.7. The van der Waals surface area contributed by atoms with Crippen LogP contribution < -0.4 is 20.7 Å². The van der Waals surface area contributed by atoms with Gasteiger partial charge in [0.05, 0.1) is 18.5 Å². The number of hydrogen-bond donors (Lipinski definition) is 1. The summed E-state index contributed by atoms with van der Waals surface area (Å²) in [4.78, 5) is 50.2. The fraction of sp³-hybridized carbons (Fsp3) is 0.300. The molecule has 0 saturated heterocycles. The molecule has 3 heterocycles. The molecule has 1 aliphatic heterocycles. The zero-order valence-electron chi connectivity index (χ0n) is 16.7. The monoisotopic (exact) mass is 446 g/mol. The smallest absolute Gasteiger partial charge is 0.348 e. The molecule has 10 nitrogen and oxygen atoms in total. The van der Waals surface area contributed by atoms with Gasteiger partial charge in [0, 0.05) is 0 Å². The molecule has 0 amide bonds. The highest BCUT2D eigenvalue weighted by Crippen LogP contribution is 2.33. The fourth-order valence-corrected chi connectivity index (χ4v) is 4.61. The van der Waals surface area contributed by atoms with Crippen LogP contribution in [0.5, 0.6) is 11.5 Å². The van der Waals surface area contributed by atoms with Gasteiger partial charge in [-0.05, 0) is 37.1 Å². The van der Waals surface area contributed by atoms with Crippen LogP contribution >= 0.6 is 11.3 Å². The van der Waals surface area contributed by atoms with Crippen LogP contribution in [-0.4, -0.2) is 39.6 Å². The number of esters is 1. The third-order valence-corrected chi connectivity index (χ3v) is 6.12. The molecule has 11 heteroatoms. The van der Waals surface area contributed by atoms with Gasteiger partial charge in [-0.2, -0.15) is 0 Å². The van der Waals surface area contributed by atoms with Crippen molar-refractivity contribution in [1.82, 2.24) is 9.13 Å². The van der Waals surface area contributed by atoms with Crippen LogP contribution in [0.25, 0.3) is 10.2 Å². The Balaban J connectivity index is 1.94. The average Bonchev–Trinajstić information content (AvgIpc) is 3.32. The maximum Gasteiger partial charge on any atom is 0.348 e. The number of nitrogens with zero attached hydrogens (tertiary/aromatic N) is 2. The zero-order valence-corrected chi connectivity index (χ0v) is 17.5.